The first kappa shape index (κ1) is 18.5. The standard InChI is InChI=1S/C19H27N3OS/c1-5-22(6-2)16-10-9-15(18(23)12-16)13-20-14-17(21(3)4)19-8-7-11-24-19/h7-13,17,23H,5-6,14H2,1-4H3/p+1/t17-/m0/s1. The number of quaternary nitrogens is 1. The molecule has 5 heteroatoms. The summed E-state index contributed by atoms with van der Waals surface area (Å²) < 4.78 is 0. The van der Waals surface area contributed by atoms with Crippen LogP contribution in [0.4, 0.5) is 5.69 Å². The molecule has 2 rings (SSSR count). The number of hydrogen-bond donors (Lipinski definition) is 2. The van der Waals surface area contributed by atoms with Crippen LogP contribution in [0.25, 0.3) is 0 Å². The van der Waals surface area contributed by atoms with Crippen molar-refractivity contribution in [2.75, 3.05) is 38.6 Å². The van der Waals surface area contributed by atoms with Gasteiger partial charge in [-0.25, -0.2) is 0 Å². The molecule has 0 amide bonds. The molecule has 2 aromatic rings. The third-order valence-corrected chi connectivity index (χ3v) is 5.23. The minimum Gasteiger partial charge on any atom is -0.507 e. The van der Waals surface area contributed by atoms with Crippen LogP contribution >= 0.6 is 11.3 Å². The predicted molar refractivity (Wildman–Crippen MR) is 104 cm³/mol. The number of thiophene rings is 1. The van der Waals surface area contributed by atoms with E-state index in [1.807, 2.05) is 18.2 Å². The molecule has 1 atom stereocenters. The lowest BCUT2D eigenvalue weighted by Crippen LogP contribution is -3.06. The fraction of sp³-hybridized carbons (Fsp3) is 0.421. The summed E-state index contributed by atoms with van der Waals surface area (Å²) >= 11 is 1.77. The fourth-order valence-electron chi connectivity index (χ4n) is 2.73. The molecule has 0 saturated carbocycles. The molecular weight excluding hydrogens is 318 g/mol. The lowest BCUT2D eigenvalue weighted by atomic mass is 10.1. The summed E-state index contributed by atoms with van der Waals surface area (Å²) in [6, 6.07) is 10.4. The molecule has 2 N–H and O–H groups in total. The van der Waals surface area contributed by atoms with Gasteiger partial charge < -0.3 is 14.9 Å². The third-order valence-electron chi connectivity index (χ3n) is 4.24. The number of anilines is 1. The van der Waals surface area contributed by atoms with Crippen molar-refractivity contribution in [3.63, 3.8) is 0 Å². The van der Waals surface area contributed by atoms with Crippen LogP contribution in [0.5, 0.6) is 5.75 Å². The lowest BCUT2D eigenvalue weighted by molar-refractivity contribution is -0.890. The predicted octanol–water partition coefficient (Wildman–Crippen LogP) is 2.60. The van der Waals surface area contributed by atoms with Crippen molar-refractivity contribution in [1.82, 2.24) is 0 Å². The van der Waals surface area contributed by atoms with Gasteiger partial charge in [-0.3, -0.25) is 4.99 Å². The molecule has 0 spiro atoms. The van der Waals surface area contributed by atoms with Gasteiger partial charge in [0.05, 0.1) is 25.5 Å². The van der Waals surface area contributed by atoms with E-state index in [0.29, 0.717) is 12.6 Å². The lowest BCUT2D eigenvalue weighted by Gasteiger charge is -2.21. The summed E-state index contributed by atoms with van der Waals surface area (Å²) in [5.41, 5.74) is 1.81. The van der Waals surface area contributed by atoms with Crippen molar-refractivity contribution < 1.29 is 10.0 Å². The molecule has 130 valence electrons. The zero-order chi connectivity index (χ0) is 17.5. The average molecular weight is 347 g/mol. The first-order valence-corrected chi connectivity index (χ1v) is 9.36. The van der Waals surface area contributed by atoms with Crippen LogP contribution in [0, 0.1) is 0 Å². The number of likely N-dealkylation sites (N-methyl/N-ethyl adjacent to an activating group) is 1. The Bertz CT molecular complexity index is 649. The molecule has 0 aliphatic carbocycles. The first-order chi connectivity index (χ1) is 11.6. The van der Waals surface area contributed by atoms with Gasteiger partial charge in [0.2, 0.25) is 0 Å². The smallest absolute Gasteiger partial charge is 0.142 e. The van der Waals surface area contributed by atoms with Crippen LogP contribution in [-0.4, -0.2) is 45.1 Å². The minimum absolute atomic E-state index is 0.285. The fourth-order valence-corrected chi connectivity index (χ4v) is 3.68. The van der Waals surface area contributed by atoms with Gasteiger partial charge in [-0.2, -0.15) is 0 Å². The number of aromatic hydroxyl groups is 1. The maximum Gasteiger partial charge on any atom is 0.142 e. The molecular formula is C19H28N3OS+. The normalized spacial score (nSPS) is 12.9. The minimum atomic E-state index is 0.285. The topological polar surface area (TPSA) is 40.3 Å². The Morgan fingerprint density at radius 3 is 2.54 bits per heavy atom. The van der Waals surface area contributed by atoms with Gasteiger partial charge in [-0.1, -0.05) is 6.07 Å². The Morgan fingerprint density at radius 1 is 1.25 bits per heavy atom. The van der Waals surface area contributed by atoms with Gasteiger partial charge in [-0.05, 0) is 37.4 Å². The zero-order valence-corrected chi connectivity index (χ0v) is 15.8. The van der Waals surface area contributed by atoms with Gasteiger partial charge in [0.1, 0.15) is 11.8 Å². The Balaban J connectivity index is 2.08. The number of nitrogens with zero attached hydrogens (tertiary/aromatic N) is 2. The zero-order valence-electron chi connectivity index (χ0n) is 15.0. The summed E-state index contributed by atoms with van der Waals surface area (Å²) in [6.07, 6.45) is 1.78. The van der Waals surface area contributed by atoms with E-state index in [4.69, 9.17) is 0 Å². The van der Waals surface area contributed by atoms with Crippen molar-refractivity contribution in [3.05, 3.63) is 46.2 Å². The van der Waals surface area contributed by atoms with Gasteiger partial charge in [0, 0.05) is 36.6 Å². The highest BCUT2D eigenvalue weighted by molar-refractivity contribution is 7.10. The second kappa shape index (κ2) is 8.85. The SMILES string of the molecule is CCN(CC)c1ccc(C=NC[C@@H](c2cccs2)[NH+](C)C)c(O)c1. The van der Waals surface area contributed by atoms with E-state index in [-0.39, 0.29) is 5.75 Å². The summed E-state index contributed by atoms with van der Waals surface area (Å²) in [6.45, 7) is 6.80. The molecule has 0 aliphatic heterocycles. The molecule has 0 fully saturated rings. The van der Waals surface area contributed by atoms with E-state index in [0.717, 1.165) is 24.3 Å². The van der Waals surface area contributed by atoms with Crippen molar-refractivity contribution in [2.24, 2.45) is 4.99 Å². The molecule has 4 nitrogen and oxygen atoms in total. The third kappa shape index (κ3) is 4.58. The van der Waals surface area contributed by atoms with Gasteiger partial charge in [0.25, 0.3) is 0 Å². The Hall–Kier alpha value is -1.85. The summed E-state index contributed by atoms with van der Waals surface area (Å²) in [5.74, 6) is 0.285. The highest BCUT2D eigenvalue weighted by Gasteiger charge is 2.17. The number of nitrogens with one attached hydrogen (secondary N) is 1. The maximum atomic E-state index is 10.3. The van der Waals surface area contributed by atoms with Crippen molar-refractivity contribution >= 4 is 23.2 Å². The van der Waals surface area contributed by atoms with E-state index < -0.39 is 0 Å². The first-order valence-electron chi connectivity index (χ1n) is 8.48. The number of benzene rings is 1. The van der Waals surface area contributed by atoms with E-state index >= 15 is 0 Å². The van der Waals surface area contributed by atoms with Crippen molar-refractivity contribution in [1.29, 1.82) is 0 Å². The van der Waals surface area contributed by atoms with Crippen LogP contribution in [0.15, 0.2) is 40.7 Å². The second-order valence-corrected chi connectivity index (χ2v) is 7.03. The molecule has 0 bridgehead atoms. The quantitative estimate of drug-likeness (QED) is 0.722. The van der Waals surface area contributed by atoms with Crippen LogP contribution in [0.3, 0.4) is 0 Å². The van der Waals surface area contributed by atoms with Crippen LogP contribution in [0.1, 0.15) is 30.3 Å². The maximum absolute atomic E-state index is 10.3. The van der Waals surface area contributed by atoms with Gasteiger partial charge >= 0.3 is 0 Å². The van der Waals surface area contributed by atoms with Crippen molar-refractivity contribution in [3.8, 4) is 5.75 Å². The van der Waals surface area contributed by atoms with Crippen LogP contribution in [0.2, 0.25) is 0 Å². The number of rotatable bonds is 8. The number of phenolic OH excluding ortho intramolecular Hbond substituents is 1. The summed E-state index contributed by atoms with van der Waals surface area (Å²) in [5, 5.41) is 12.4. The molecule has 24 heavy (non-hydrogen) atoms. The number of aliphatic imine (C=N–C) groups is 1. The largest absolute Gasteiger partial charge is 0.507 e. The highest BCUT2D eigenvalue weighted by Crippen LogP contribution is 2.24. The molecule has 0 saturated heterocycles. The molecule has 0 unspecified atom stereocenters. The van der Waals surface area contributed by atoms with E-state index in [9.17, 15) is 5.11 Å². The number of phenols is 1. The average Bonchev–Trinajstić information content (AvgIpc) is 3.08. The molecule has 0 aliphatic rings. The second-order valence-electron chi connectivity index (χ2n) is 6.06. The van der Waals surface area contributed by atoms with Gasteiger partial charge in [-0.15, -0.1) is 11.3 Å². The Morgan fingerprint density at radius 2 is 2.00 bits per heavy atom. The summed E-state index contributed by atoms with van der Waals surface area (Å²) in [4.78, 5) is 9.49. The molecule has 1 aromatic heterocycles. The summed E-state index contributed by atoms with van der Waals surface area (Å²) in [7, 11) is 4.30. The van der Waals surface area contributed by atoms with Gasteiger partial charge in [0.15, 0.2) is 0 Å². The monoisotopic (exact) mass is 346 g/mol. The molecule has 1 aromatic carbocycles. The molecule has 0 radical (unpaired) electrons. The van der Waals surface area contributed by atoms with E-state index in [1.165, 1.54) is 9.78 Å². The Kier molecular flexibility index (Phi) is 6.82. The van der Waals surface area contributed by atoms with Crippen LogP contribution in [-0.2, 0) is 0 Å². The Labute approximate surface area is 149 Å². The highest BCUT2D eigenvalue weighted by atomic mass is 32.1. The number of hydrogen-bond acceptors (Lipinski definition) is 4. The molecule has 1 heterocycles. The van der Waals surface area contributed by atoms with Crippen molar-refractivity contribution in [2.45, 2.75) is 19.9 Å². The van der Waals surface area contributed by atoms with E-state index in [1.54, 1.807) is 17.6 Å². The van der Waals surface area contributed by atoms with Crippen LogP contribution < -0.4 is 9.80 Å². The van der Waals surface area contributed by atoms with E-state index in [2.05, 4.69) is 55.3 Å².